The molecule has 0 unspecified atom stereocenters. The molecule has 2 aromatic heterocycles. The molecular formula is C19H27N5O. The molecule has 2 aromatic rings. The maximum atomic E-state index is 10.7. The third-order valence-corrected chi connectivity index (χ3v) is 4.99. The lowest BCUT2D eigenvalue weighted by molar-refractivity contribution is 0.0410. The molecule has 1 saturated carbocycles. The van der Waals surface area contributed by atoms with Gasteiger partial charge >= 0.3 is 0 Å². The molecule has 1 fully saturated rings. The standard InChI is InChI=1S/C19H27N5O/c1-4-14(5-2)22-18-16-17(21-12-20-16)23-15(24-18)8-10-19(25)9-6-7-13(3)11-19/h12-14,25H,4-7,9,11H2,1-3H3,(H2,20,21,22,23,24)/t13-,19-/m1/s1. The number of imidazole rings is 1. The predicted octanol–water partition coefficient (Wildman–Crippen LogP) is 3.25. The molecule has 0 saturated heterocycles. The van der Waals surface area contributed by atoms with E-state index < -0.39 is 5.60 Å². The van der Waals surface area contributed by atoms with Crippen LogP contribution in [0, 0.1) is 17.8 Å². The molecule has 3 rings (SSSR count). The van der Waals surface area contributed by atoms with Crippen LogP contribution in [0.1, 0.15) is 65.1 Å². The van der Waals surface area contributed by atoms with Crippen molar-refractivity contribution < 1.29 is 5.11 Å². The normalized spacial score (nSPS) is 23.5. The van der Waals surface area contributed by atoms with Crippen LogP contribution in [0.2, 0.25) is 0 Å². The first-order valence-electron chi connectivity index (χ1n) is 9.26. The predicted molar refractivity (Wildman–Crippen MR) is 99.1 cm³/mol. The largest absolute Gasteiger partial charge is 0.378 e. The smallest absolute Gasteiger partial charge is 0.209 e. The summed E-state index contributed by atoms with van der Waals surface area (Å²) in [7, 11) is 0. The fraction of sp³-hybridized carbons (Fsp3) is 0.632. The van der Waals surface area contributed by atoms with Crippen molar-refractivity contribution in [2.45, 2.75) is 70.9 Å². The molecule has 2 heterocycles. The average Bonchev–Trinajstić information content (AvgIpc) is 3.06. The Bertz CT molecular complexity index is 786. The minimum Gasteiger partial charge on any atom is -0.378 e. The lowest BCUT2D eigenvalue weighted by Gasteiger charge is -2.30. The van der Waals surface area contributed by atoms with E-state index in [9.17, 15) is 5.11 Å². The number of fused-ring (bicyclic) bond motifs is 1. The molecule has 1 aliphatic rings. The Labute approximate surface area is 148 Å². The van der Waals surface area contributed by atoms with Gasteiger partial charge < -0.3 is 15.4 Å². The van der Waals surface area contributed by atoms with Gasteiger partial charge in [-0.15, -0.1) is 0 Å². The summed E-state index contributed by atoms with van der Waals surface area (Å²) in [5.41, 5.74) is 0.464. The number of anilines is 1. The Morgan fingerprint density at radius 3 is 2.92 bits per heavy atom. The Morgan fingerprint density at radius 2 is 2.20 bits per heavy atom. The van der Waals surface area contributed by atoms with Gasteiger partial charge in [-0.05, 0) is 43.9 Å². The summed E-state index contributed by atoms with van der Waals surface area (Å²) in [6.07, 6.45) is 7.22. The topological polar surface area (TPSA) is 86.7 Å². The third-order valence-electron chi connectivity index (χ3n) is 4.99. The van der Waals surface area contributed by atoms with Crippen LogP contribution >= 0.6 is 0 Å². The molecule has 25 heavy (non-hydrogen) atoms. The number of H-pyrrole nitrogens is 1. The van der Waals surface area contributed by atoms with Gasteiger partial charge in [-0.25, -0.2) is 15.0 Å². The number of aromatic amines is 1. The highest BCUT2D eigenvalue weighted by Gasteiger charge is 2.30. The van der Waals surface area contributed by atoms with E-state index in [0.29, 0.717) is 35.7 Å². The van der Waals surface area contributed by atoms with Gasteiger partial charge in [0.2, 0.25) is 5.82 Å². The van der Waals surface area contributed by atoms with Crippen LogP contribution in [0.5, 0.6) is 0 Å². The third kappa shape index (κ3) is 4.10. The lowest BCUT2D eigenvalue weighted by atomic mass is 9.79. The number of hydrogen-bond acceptors (Lipinski definition) is 5. The van der Waals surface area contributed by atoms with Crippen LogP contribution in [0.15, 0.2) is 6.33 Å². The quantitative estimate of drug-likeness (QED) is 0.743. The van der Waals surface area contributed by atoms with E-state index in [2.05, 4.69) is 57.9 Å². The molecular weight excluding hydrogens is 314 g/mol. The van der Waals surface area contributed by atoms with E-state index in [1.807, 2.05) is 0 Å². The fourth-order valence-corrected chi connectivity index (χ4v) is 3.49. The Hall–Kier alpha value is -2.13. The van der Waals surface area contributed by atoms with Crippen LogP contribution in [0.25, 0.3) is 11.2 Å². The van der Waals surface area contributed by atoms with Crippen LogP contribution in [0.4, 0.5) is 5.82 Å². The Kier molecular flexibility index (Phi) is 5.24. The van der Waals surface area contributed by atoms with Crippen molar-refractivity contribution in [1.29, 1.82) is 0 Å². The van der Waals surface area contributed by atoms with Gasteiger partial charge in [0.05, 0.1) is 6.33 Å². The van der Waals surface area contributed by atoms with Crippen LogP contribution in [0.3, 0.4) is 0 Å². The minimum absolute atomic E-state index is 0.332. The maximum Gasteiger partial charge on any atom is 0.209 e. The second-order valence-electron chi connectivity index (χ2n) is 7.14. The van der Waals surface area contributed by atoms with E-state index >= 15 is 0 Å². The average molecular weight is 341 g/mol. The van der Waals surface area contributed by atoms with Crippen molar-refractivity contribution >= 4 is 17.0 Å². The zero-order valence-electron chi connectivity index (χ0n) is 15.3. The molecule has 6 nitrogen and oxygen atoms in total. The van der Waals surface area contributed by atoms with E-state index in [0.717, 1.165) is 37.6 Å². The molecule has 0 spiro atoms. The second-order valence-corrected chi connectivity index (χ2v) is 7.14. The second kappa shape index (κ2) is 7.40. The zero-order chi connectivity index (χ0) is 17.9. The van der Waals surface area contributed by atoms with Crippen molar-refractivity contribution in [3.8, 4) is 11.8 Å². The van der Waals surface area contributed by atoms with E-state index in [1.54, 1.807) is 6.33 Å². The number of nitrogens with zero attached hydrogens (tertiary/aromatic N) is 3. The van der Waals surface area contributed by atoms with Gasteiger partial charge in [-0.3, -0.25) is 0 Å². The Balaban J connectivity index is 1.91. The molecule has 0 aliphatic heterocycles. The van der Waals surface area contributed by atoms with Gasteiger partial charge in [-0.2, -0.15) is 0 Å². The number of nitrogens with one attached hydrogen (secondary N) is 2. The van der Waals surface area contributed by atoms with Crippen LogP contribution in [-0.4, -0.2) is 36.7 Å². The van der Waals surface area contributed by atoms with E-state index in [-0.39, 0.29) is 0 Å². The van der Waals surface area contributed by atoms with Crippen molar-refractivity contribution in [2.75, 3.05) is 5.32 Å². The summed E-state index contributed by atoms with van der Waals surface area (Å²) in [5.74, 6) is 7.64. The molecule has 0 radical (unpaired) electrons. The maximum absolute atomic E-state index is 10.7. The number of hydrogen-bond donors (Lipinski definition) is 3. The number of aromatic nitrogens is 4. The summed E-state index contributed by atoms with van der Waals surface area (Å²) in [6.45, 7) is 6.45. The van der Waals surface area contributed by atoms with Crippen molar-refractivity contribution in [3.05, 3.63) is 12.2 Å². The van der Waals surface area contributed by atoms with Gasteiger partial charge in [0.15, 0.2) is 11.5 Å². The summed E-state index contributed by atoms with van der Waals surface area (Å²) < 4.78 is 0. The number of aliphatic hydroxyl groups is 1. The van der Waals surface area contributed by atoms with E-state index in [4.69, 9.17) is 0 Å². The summed E-state index contributed by atoms with van der Waals surface area (Å²) >= 11 is 0. The molecule has 1 aliphatic carbocycles. The molecule has 0 amide bonds. The molecule has 3 N–H and O–H groups in total. The molecule has 0 bridgehead atoms. The molecule has 2 atom stereocenters. The van der Waals surface area contributed by atoms with E-state index in [1.165, 1.54) is 0 Å². The first-order valence-corrected chi connectivity index (χ1v) is 9.26. The van der Waals surface area contributed by atoms with Gasteiger partial charge in [-0.1, -0.05) is 33.1 Å². The SMILES string of the molecule is CCC(CC)Nc1nc(C#C[C@]2(O)CCC[C@@H](C)C2)nc2[nH]cnc12. The van der Waals surface area contributed by atoms with Gasteiger partial charge in [0.1, 0.15) is 11.1 Å². The Morgan fingerprint density at radius 1 is 1.40 bits per heavy atom. The van der Waals surface area contributed by atoms with Gasteiger partial charge in [0, 0.05) is 6.04 Å². The van der Waals surface area contributed by atoms with Gasteiger partial charge in [0.25, 0.3) is 0 Å². The van der Waals surface area contributed by atoms with Crippen LogP contribution in [-0.2, 0) is 0 Å². The summed E-state index contributed by atoms with van der Waals surface area (Å²) in [4.78, 5) is 16.3. The molecule has 0 aromatic carbocycles. The first kappa shape index (κ1) is 17.7. The highest BCUT2D eigenvalue weighted by molar-refractivity contribution is 5.82. The monoisotopic (exact) mass is 341 g/mol. The summed E-state index contributed by atoms with van der Waals surface area (Å²) in [5, 5.41) is 14.1. The summed E-state index contributed by atoms with van der Waals surface area (Å²) in [6, 6.07) is 0.332. The first-order chi connectivity index (χ1) is 12.0. The van der Waals surface area contributed by atoms with Crippen molar-refractivity contribution in [2.24, 2.45) is 5.92 Å². The van der Waals surface area contributed by atoms with Crippen molar-refractivity contribution in [1.82, 2.24) is 19.9 Å². The molecule has 134 valence electrons. The highest BCUT2D eigenvalue weighted by atomic mass is 16.3. The van der Waals surface area contributed by atoms with Crippen molar-refractivity contribution in [3.63, 3.8) is 0 Å². The zero-order valence-corrected chi connectivity index (χ0v) is 15.3. The minimum atomic E-state index is -0.924. The number of rotatable bonds is 4. The fourth-order valence-electron chi connectivity index (χ4n) is 3.49. The highest BCUT2D eigenvalue weighted by Crippen LogP contribution is 2.31. The molecule has 6 heteroatoms. The lowest BCUT2D eigenvalue weighted by Crippen LogP contribution is -2.32. The van der Waals surface area contributed by atoms with Crippen LogP contribution < -0.4 is 5.32 Å².